The van der Waals surface area contributed by atoms with Gasteiger partial charge < -0.3 is 24.6 Å². The number of nitrogens with one attached hydrogen (secondary N) is 1. The van der Waals surface area contributed by atoms with Gasteiger partial charge in [0.2, 0.25) is 5.78 Å². The van der Waals surface area contributed by atoms with Crippen LogP contribution in [-0.2, 0) is 9.53 Å². The summed E-state index contributed by atoms with van der Waals surface area (Å²) in [5.41, 5.74) is 1.62. The molecule has 258 valence electrons. The zero-order valence-electron chi connectivity index (χ0n) is 27.3. The molecule has 0 aliphatic carbocycles. The Hall–Kier alpha value is -5.05. The molecule has 0 radical (unpaired) electrons. The minimum atomic E-state index is -4.99. The van der Waals surface area contributed by atoms with E-state index in [0.29, 0.717) is 39.0 Å². The molecular weight excluding hydrogens is 661 g/mol. The first-order chi connectivity index (χ1) is 23.2. The Kier molecular flexibility index (Phi) is 10.5. The summed E-state index contributed by atoms with van der Waals surface area (Å²) in [6.45, 7) is 7.28. The first kappa shape index (κ1) is 35.3. The van der Waals surface area contributed by atoms with E-state index in [1.807, 2.05) is 30.0 Å². The molecule has 4 aromatic rings. The summed E-state index contributed by atoms with van der Waals surface area (Å²) >= 11 is 1.27. The quantitative estimate of drug-likeness (QED) is 0.192. The van der Waals surface area contributed by atoms with Crippen molar-refractivity contribution in [1.82, 2.24) is 20.1 Å². The second-order valence-electron chi connectivity index (χ2n) is 12.4. The van der Waals surface area contributed by atoms with Crippen molar-refractivity contribution in [2.75, 3.05) is 29.9 Å². The monoisotopic (exact) mass is 696 g/mol. The molecule has 1 N–H and O–H groups in total. The number of carbonyl (C=O) groups excluding carboxylic acids is 3. The molecule has 1 fully saturated rings. The maximum atomic E-state index is 13.5. The number of aromatic nitrogens is 3. The Balaban J connectivity index is 1.48. The number of benzene rings is 2. The number of piperazine rings is 1. The van der Waals surface area contributed by atoms with E-state index < -0.39 is 42.0 Å². The van der Waals surface area contributed by atoms with E-state index in [9.17, 15) is 27.6 Å². The fourth-order valence-electron chi connectivity index (χ4n) is 5.34. The summed E-state index contributed by atoms with van der Waals surface area (Å²) < 4.78 is 51.3. The average molecular weight is 697 g/mol. The number of hydrogen-bond acceptors (Lipinski definition) is 10. The molecule has 5 rings (SSSR count). The lowest BCUT2D eigenvalue weighted by Crippen LogP contribution is -2.56. The molecule has 0 saturated carbocycles. The standard InChI is InChI=1S/C34H35F3N6O5S/c1-21-27(47-24-8-6-5-7-9-24)12-11-25(40-30(45)26-20-49-31(41-26)22-14-15-38-39-18-22)29(21)42-16-17-43(32(46)48-33(2,3)4)23(19-42)10-13-28(44)34(35,36)37/h5-9,11-12,14-15,18,20,23H,10,13,16-17,19H2,1-4H3,(H,40,45)/t23-/m0/s1. The molecular formula is C34H35F3N6O5S. The number of halogens is 3. The maximum Gasteiger partial charge on any atom is 0.449 e. The SMILES string of the molecule is Cc1c(Oc2ccccc2)ccc(NC(=O)c2csc(-c3ccnnc3)n2)c1N1CCN(C(=O)OC(C)(C)C)[C@@H](CCC(=O)C(F)(F)F)C1. The van der Waals surface area contributed by atoms with E-state index >= 15 is 0 Å². The van der Waals surface area contributed by atoms with Crippen molar-refractivity contribution in [3.05, 3.63) is 77.6 Å². The molecule has 49 heavy (non-hydrogen) atoms. The lowest BCUT2D eigenvalue weighted by Gasteiger charge is -2.43. The summed E-state index contributed by atoms with van der Waals surface area (Å²) in [4.78, 5) is 46.3. The molecule has 2 amide bonds. The molecule has 11 nitrogen and oxygen atoms in total. The van der Waals surface area contributed by atoms with Crippen LogP contribution in [0.25, 0.3) is 10.6 Å². The van der Waals surface area contributed by atoms with Crippen molar-refractivity contribution in [3.8, 4) is 22.1 Å². The highest BCUT2D eigenvalue weighted by Gasteiger charge is 2.40. The van der Waals surface area contributed by atoms with Crippen LogP contribution in [-0.4, -0.2) is 75.3 Å². The van der Waals surface area contributed by atoms with Crippen molar-refractivity contribution < 1.29 is 37.0 Å². The van der Waals surface area contributed by atoms with Crippen LogP contribution >= 0.6 is 11.3 Å². The normalized spacial score (nSPS) is 15.1. The van der Waals surface area contributed by atoms with Gasteiger partial charge in [-0.05, 0) is 64.4 Å². The second-order valence-corrected chi connectivity index (χ2v) is 13.2. The highest BCUT2D eigenvalue weighted by molar-refractivity contribution is 7.13. The Morgan fingerprint density at radius 2 is 1.78 bits per heavy atom. The Labute approximate surface area is 285 Å². The van der Waals surface area contributed by atoms with Crippen LogP contribution in [0.5, 0.6) is 11.5 Å². The largest absolute Gasteiger partial charge is 0.457 e. The fourth-order valence-corrected chi connectivity index (χ4v) is 6.13. The number of Topliss-reactive ketones (excluding diaryl/α,β-unsaturated/α-hetero) is 1. The van der Waals surface area contributed by atoms with Crippen LogP contribution in [0.15, 0.2) is 66.3 Å². The lowest BCUT2D eigenvalue weighted by atomic mass is 10.0. The summed E-state index contributed by atoms with van der Waals surface area (Å²) in [5.74, 6) is -1.30. The van der Waals surface area contributed by atoms with Gasteiger partial charge in [0, 0.05) is 42.6 Å². The smallest absolute Gasteiger partial charge is 0.449 e. The van der Waals surface area contributed by atoms with E-state index in [-0.39, 0.29) is 31.7 Å². The zero-order valence-corrected chi connectivity index (χ0v) is 28.1. The Bertz CT molecular complexity index is 1800. The third kappa shape index (κ3) is 8.90. The Morgan fingerprint density at radius 1 is 1.02 bits per heavy atom. The number of carbonyl (C=O) groups is 3. The topological polar surface area (TPSA) is 127 Å². The maximum absolute atomic E-state index is 13.5. The first-order valence-corrected chi connectivity index (χ1v) is 16.3. The van der Waals surface area contributed by atoms with Crippen molar-refractivity contribution in [1.29, 1.82) is 0 Å². The summed E-state index contributed by atoms with van der Waals surface area (Å²) in [6, 6.07) is 13.4. The molecule has 2 aromatic heterocycles. The van der Waals surface area contributed by atoms with Crippen LogP contribution in [0.3, 0.4) is 0 Å². The van der Waals surface area contributed by atoms with Crippen molar-refractivity contribution in [2.24, 2.45) is 0 Å². The number of thiazole rings is 1. The highest BCUT2D eigenvalue weighted by atomic mass is 32.1. The molecule has 0 spiro atoms. The van der Waals surface area contributed by atoms with Gasteiger partial charge in [-0.1, -0.05) is 18.2 Å². The number of rotatable bonds is 9. The molecule has 2 aromatic carbocycles. The predicted molar refractivity (Wildman–Crippen MR) is 178 cm³/mol. The number of ether oxygens (including phenoxy) is 2. The number of nitrogens with zero attached hydrogens (tertiary/aromatic N) is 5. The van der Waals surface area contributed by atoms with Crippen LogP contribution < -0.4 is 15.0 Å². The Morgan fingerprint density at radius 3 is 2.45 bits per heavy atom. The van der Waals surface area contributed by atoms with Crippen molar-refractivity contribution in [2.45, 2.75) is 58.4 Å². The third-order valence-corrected chi connectivity index (χ3v) is 8.51. The molecule has 1 atom stereocenters. The van der Waals surface area contributed by atoms with Crippen LogP contribution in [0, 0.1) is 6.92 Å². The minimum absolute atomic E-state index is 0.0543. The van der Waals surface area contributed by atoms with Gasteiger partial charge in [0.15, 0.2) is 0 Å². The van der Waals surface area contributed by atoms with E-state index in [1.54, 1.807) is 62.7 Å². The van der Waals surface area contributed by atoms with Gasteiger partial charge in [-0.3, -0.25) is 9.59 Å². The predicted octanol–water partition coefficient (Wildman–Crippen LogP) is 7.29. The first-order valence-electron chi connectivity index (χ1n) is 15.4. The zero-order chi connectivity index (χ0) is 35.3. The number of amides is 2. The van der Waals surface area contributed by atoms with Crippen molar-refractivity contribution >= 4 is 40.5 Å². The molecule has 15 heteroatoms. The third-order valence-electron chi connectivity index (χ3n) is 7.62. The number of alkyl halides is 3. The summed E-state index contributed by atoms with van der Waals surface area (Å²) in [5, 5.41) is 12.8. The van der Waals surface area contributed by atoms with E-state index in [1.165, 1.54) is 22.4 Å². The second kappa shape index (κ2) is 14.6. The van der Waals surface area contributed by atoms with Crippen molar-refractivity contribution in [3.63, 3.8) is 0 Å². The molecule has 0 bridgehead atoms. The molecule has 3 heterocycles. The average Bonchev–Trinajstić information content (AvgIpc) is 3.55. The number of para-hydroxylation sites is 1. The van der Waals surface area contributed by atoms with Crippen LogP contribution in [0.4, 0.5) is 29.3 Å². The van der Waals surface area contributed by atoms with Gasteiger partial charge in [-0.15, -0.1) is 11.3 Å². The lowest BCUT2D eigenvalue weighted by molar-refractivity contribution is -0.171. The molecule has 1 aliphatic heterocycles. The van der Waals surface area contributed by atoms with Crippen LogP contribution in [0.1, 0.15) is 49.7 Å². The molecule has 0 unspecified atom stereocenters. The van der Waals surface area contributed by atoms with Crippen LogP contribution in [0.2, 0.25) is 0 Å². The van der Waals surface area contributed by atoms with Gasteiger partial charge in [0.25, 0.3) is 5.91 Å². The fraction of sp³-hybridized carbons (Fsp3) is 0.353. The van der Waals surface area contributed by atoms with E-state index in [4.69, 9.17) is 9.47 Å². The number of anilines is 2. The molecule has 1 aliphatic rings. The van der Waals surface area contributed by atoms with Gasteiger partial charge in [0.1, 0.15) is 27.8 Å². The summed E-state index contributed by atoms with van der Waals surface area (Å²) in [6.07, 6.45) is -3.67. The van der Waals surface area contributed by atoms with Gasteiger partial charge in [-0.2, -0.15) is 23.4 Å². The highest BCUT2D eigenvalue weighted by Crippen LogP contribution is 2.40. The van der Waals surface area contributed by atoms with Gasteiger partial charge in [0.05, 0.1) is 29.8 Å². The minimum Gasteiger partial charge on any atom is -0.457 e. The van der Waals surface area contributed by atoms with Gasteiger partial charge >= 0.3 is 12.3 Å². The number of hydrogen-bond donors (Lipinski definition) is 1. The number of ketones is 1. The van der Waals surface area contributed by atoms with E-state index in [0.717, 1.165) is 0 Å². The molecule has 1 saturated heterocycles. The summed E-state index contributed by atoms with van der Waals surface area (Å²) in [7, 11) is 0. The van der Waals surface area contributed by atoms with Gasteiger partial charge in [-0.25, -0.2) is 9.78 Å². The van der Waals surface area contributed by atoms with E-state index in [2.05, 4.69) is 20.5 Å².